The number of benzene rings is 4. The Kier molecular flexibility index (Phi) is 23.4. The minimum Gasteiger partial charge on any atom is -0.505 e. The number of pyridine rings is 4. The van der Waals surface area contributed by atoms with E-state index in [4.69, 9.17) is 42.1 Å². The summed E-state index contributed by atoms with van der Waals surface area (Å²) in [4.78, 5) is 107. The summed E-state index contributed by atoms with van der Waals surface area (Å²) >= 11 is 11.8. The Morgan fingerprint density at radius 1 is 0.356 bits per heavy atom. The van der Waals surface area contributed by atoms with Crippen LogP contribution in [0.2, 0.25) is 10.0 Å². The predicted molar refractivity (Wildman–Crippen MR) is 329 cm³/mol. The van der Waals surface area contributed by atoms with E-state index in [1.54, 1.807) is 60.7 Å². The van der Waals surface area contributed by atoms with E-state index in [2.05, 4.69) is 41.2 Å². The number of fused-ring (bicyclic) bond motifs is 2. The van der Waals surface area contributed by atoms with Crippen molar-refractivity contribution in [3.05, 3.63) is 167 Å². The van der Waals surface area contributed by atoms with E-state index in [9.17, 15) is 58.8 Å². The lowest BCUT2D eigenvalue weighted by atomic mass is 10.1. The van der Waals surface area contributed by atoms with E-state index in [1.807, 2.05) is 24.3 Å². The number of Topliss-reactive ketones (excluding diaryl/α,β-unsaturated/α-hetero) is 4. The molecule has 4 aromatic heterocycles. The molecule has 0 atom stereocenters. The van der Waals surface area contributed by atoms with Crippen LogP contribution in [0.15, 0.2) is 134 Å². The number of ether oxygens (including phenoxy) is 4. The Morgan fingerprint density at radius 2 is 0.611 bits per heavy atom. The van der Waals surface area contributed by atoms with Crippen LogP contribution in [0.4, 0.5) is 0 Å². The van der Waals surface area contributed by atoms with Crippen molar-refractivity contribution in [1.29, 1.82) is 0 Å². The molecule has 0 fully saturated rings. The van der Waals surface area contributed by atoms with Gasteiger partial charge in [-0.3, -0.25) is 38.4 Å². The first-order chi connectivity index (χ1) is 43.0. The number of amides is 4. The van der Waals surface area contributed by atoms with Gasteiger partial charge < -0.3 is 60.6 Å². The second-order valence-corrected chi connectivity index (χ2v) is 20.5. The zero-order valence-corrected chi connectivity index (χ0v) is 50.1. The summed E-state index contributed by atoms with van der Waals surface area (Å²) in [5.41, 5.74) is 5.15. The molecule has 0 aliphatic carbocycles. The molecule has 0 spiro atoms. The molecular formula is C64H58Cl2N8O16. The maximum atomic E-state index is 11.9. The summed E-state index contributed by atoms with van der Waals surface area (Å²) < 4.78 is 22.0. The van der Waals surface area contributed by atoms with Gasteiger partial charge in [0, 0.05) is 57.1 Å². The van der Waals surface area contributed by atoms with Gasteiger partial charge in [0.05, 0.1) is 26.2 Å². The van der Waals surface area contributed by atoms with Crippen molar-refractivity contribution in [2.24, 2.45) is 0 Å². The number of halogens is 2. The fourth-order valence-electron chi connectivity index (χ4n) is 8.08. The number of nitrogens with zero attached hydrogens (tertiary/aromatic N) is 4. The van der Waals surface area contributed by atoms with E-state index in [0.29, 0.717) is 81.7 Å². The minimum absolute atomic E-state index is 0.101. The van der Waals surface area contributed by atoms with Crippen molar-refractivity contribution in [2.45, 2.75) is 27.7 Å². The molecule has 26 heteroatoms. The molecule has 6 heterocycles. The summed E-state index contributed by atoms with van der Waals surface area (Å²) in [6.07, 6.45) is 5.89. The number of carbonyl (C=O) groups is 8. The van der Waals surface area contributed by atoms with Gasteiger partial charge in [-0.25, -0.2) is 19.9 Å². The number of nitrogens with one attached hydrogen (secondary N) is 4. The van der Waals surface area contributed by atoms with Gasteiger partial charge in [0.25, 0.3) is 23.6 Å². The summed E-state index contributed by atoms with van der Waals surface area (Å²) in [6.45, 7) is 7.00. The van der Waals surface area contributed by atoms with Crippen molar-refractivity contribution in [3.8, 4) is 90.5 Å². The SMILES string of the molecule is CC(=O)CNC(=O)c1ncc(-c2ccc3c(c2)OCCO3)cc1O.CC(=O)CNC(=O)c1ncc(-c2ccc3c(c2)OCCO3)cc1O.CC(=O)CNC(=O)c1ncc(-c2cccc(Cl)c2)cc1O.CC(=O)CNC(=O)c1ncc(-c2cccc(Cl)c2)cc1O. The summed E-state index contributed by atoms with van der Waals surface area (Å²) in [5.74, 6) is -1.57. The van der Waals surface area contributed by atoms with E-state index in [0.717, 1.165) is 22.3 Å². The third-order valence-electron chi connectivity index (χ3n) is 12.4. The highest BCUT2D eigenvalue weighted by atomic mass is 35.5. The standard InChI is InChI=1S/2C17H16N2O5.2C15H13ClN2O3/c2*1-10(20)8-19-17(22)16-13(21)6-12(9-18-16)11-2-3-14-15(7-11)24-5-4-23-14;2*1-9(19)7-18-15(21)14-13(20)6-11(8-17-14)10-3-2-4-12(16)5-10/h2*2-3,6-7,9,21H,4-5,8H2,1H3,(H,19,22);2*2-6,8,20H,7H2,1H3,(H,18,21). The molecule has 0 saturated carbocycles. The zero-order chi connectivity index (χ0) is 65.0. The number of rotatable bonds is 16. The number of carbonyl (C=O) groups excluding carboxylic acids is 8. The number of aromatic nitrogens is 4. The fourth-order valence-corrected chi connectivity index (χ4v) is 8.46. The maximum absolute atomic E-state index is 11.9. The minimum atomic E-state index is -0.601. The van der Waals surface area contributed by atoms with Gasteiger partial charge in [0.15, 0.2) is 45.8 Å². The normalized spacial score (nSPS) is 11.4. The first-order valence-corrected chi connectivity index (χ1v) is 28.0. The Labute approximate surface area is 524 Å². The maximum Gasteiger partial charge on any atom is 0.274 e. The van der Waals surface area contributed by atoms with Crippen LogP contribution < -0.4 is 40.2 Å². The van der Waals surface area contributed by atoms with Crippen LogP contribution in [0.5, 0.6) is 46.0 Å². The average molecular weight is 1270 g/mol. The molecule has 0 unspecified atom stereocenters. The van der Waals surface area contributed by atoms with Gasteiger partial charge in [0.2, 0.25) is 0 Å². The van der Waals surface area contributed by atoms with Crippen LogP contribution in [0, 0.1) is 0 Å². The zero-order valence-electron chi connectivity index (χ0n) is 48.6. The molecule has 4 amide bonds. The molecule has 8 N–H and O–H groups in total. The van der Waals surface area contributed by atoms with Crippen molar-refractivity contribution in [3.63, 3.8) is 0 Å². The molecule has 0 bridgehead atoms. The van der Waals surface area contributed by atoms with Gasteiger partial charge in [-0.05, 0) is 123 Å². The lowest BCUT2D eigenvalue weighted by Gasteiger charge is -2.19. The van der Waals surface area contributed by atoms with E-state index < -0.39 is 23.6 Å². The fraction of sp³-hybridized carbons (Fsp3) is 0.188. The Bertz CT molecular complexity index is 3780. The molecule has 2 aliphatic heterocycles. The molecule has 90 heavy (non-hydrogen) atoms. The Balaban J connectivity index is 0.000000171. The average Bonchev–Trinajstić information content (AvgIpc) is 1.22. The largest absolute Gasteiger partial charge is 0.505 e. The third-order valence-corrected chi connectivity index (χ3v) is 12.9. The number of hydrogen-bond donors (Lipinski definition) is 8. The molecule has 8 aromatic rings. The molecule has 464 valence electrons. The van der Waals surface area contributed by atoms with Gasteiger partial charge in [-0.1, -0.05) is 59.6 Å². The Hall–Kier alpha value is -11.0. The summed E-state index contributed by atoms with van der Waals surface area (Å²) in [6, 6.07) is 30.7. The molecular weight excluding hydrogens is 1210 g/mol. The topological polar surface area (TPSA) is 354 Å². The van der Waals surface area contributed by atoms with E-state index in [-0.39, 0.29) is 95.1 Å². The van der Waals surface area contributed by atoms with Crippen LogP contribution in [-0.4, -0.2) is 140 Å². The lowest BCUT2D eigenvalue weighted by molar-refractivity contribution is -0.116. The monoisotopic (exact) mass is 1260 g/mol. The first kappa shape index (κ1) is 66.5. The summed E-state index contributed by atoms with van der Waals surface area (Å²) in [7, 11) is 0. The van der Waals surface area contributed by atoms with Crippen molar-refractivity contribution >= 4 is 70.0 Å². The van der Waals surface area contributed by atoms with Crippen LogP contribution in [-0.2, 0) is 19.2 Å². The molecule has 24 nitrogen and oxygen atoms in total. The lowest BCUT2D eigenvalue weighted by Crippen LogP contribution is -2.29. The van der Waals surface area contributed by atoms with Crippen LogP contribution in [0.1, 0.15) is 69.6 Å². The second kappa shape index (κ2) is 31.6. The second-order valence-electron chi connectivity index (χ2n) is 19.6. The van der Waals surface area contributed by atoms with Gasteiger partial charge in [-0.2, -0.15) is 0 Å². The molecule has 10 rings (SSSR count). The summed E-state index contributed by atoms with van der Waals surface area (Å²) in [5, 5.41) is 50.6. The first-order valence-electron chi connectivity index (χ1n) is 27.2. The number of aromatic hydroxyl groups is 4. The third kappa shape index (κ3) is 19.0. The van der Waals surface area contributed by atoms with Crippen molar-refractivity contribution in [1.82, 2.24) is 41.2 Å². The van der Waals surface area contributed by atoms with E-state index in [1.165, 1.54) is 76.7 Å². The molecule has 2 aliphatic rings. The number of hydrogen-bond acceptors (Lipinski definition) is 20. The smallest absolute Gasteiger partial charge is 0.274 e. The highest BCUT2D eigenvalue weighted by Gasteiger charge is 2.21. The van der Waals surface area contributed by atoms with Crippen LogP contribution >= 0.6 is 23.2 Å². The van der Waals surface area contributed by atoms with Gasteiger partial charge >= 0.3 is 0 Å². The quantitative estimate of drug-likeness (QED) is 0.0455. The highest BCUT2D eigenvalue weighted by Crippen LogP contribution is 2.37. The van der Waals surface area contributed by atoms with Gasteiger partial charge in [0.1, 0.15) is 72.6 Å². The molecule has 4 aromatic carbocycles. The number of ketones is 4. The molecule has 0 saturated heterocycles. The predicted octanol–water partition coefficient (Wildman–Crippen LogP) is 7.94. The Morgan fingerprint density at radius 3 is 0.856 bits per heavy atom. The van der Waals surface area contributed by atoms with Crippen molar-refractivity contribution < 1.29 is 77.7 Å². The van der Waals surface area contributed by atoms with Crippen LogP contribution in [0.3, 0.4) is 0 Å². The van der Waals surface area contributed by atoms with Gasteiger partial charge in [-0.15, -0.1) is 0 Å². The molecule has 0 radical (unpaired) electrons. The highest BCUT2D eigenvalue weighted by molar-refractivity contribution is 6.31. The van der Waals surface area contributed by atoms with E-state index >= 15 is 0 Å². The van der Waals surface area contributed by atoms with Crippen LogP contribution in [0.25, 0.3) is 44.5 Å². The van der Waals surface area contributed by atoms with Crippen molar-refractivity contribution in [2.75, 3.05) is 52.6 Å².